The number of furan rings is 1. The number of para-hydroxylation sites is 1. The van der Waals surface area contributed by atoms with Crippen LogP contribution in [0.4, 0.5) is 0 Å². The third kappa shape index (κ3) is 2.46. The number of nitrogens with one attached hydrogen (secondary N) is 1. The van der Waals surface area contributed by atoms with E-state index in [1.54, 1.807) is 13.2 Å². The molecule has 116 valence electrons. The lowest BCUT2D eigenvalue weighted by molar-refractivity contribution is -0.143. The van der Waals surface area contributed by atoms with Crippen LogP contribution >= 0.6 is 0 Å². The minimum absolute atomic E-state index is 0.116. The molecule has 6 heteroatoms. The summed E-state index contributed by atoms with van der Waals surface area (Å²) in [7, 11) is 1.55. The first-order chi connectivity index (χ1) is 10.6. The highest BCUT2D eigenvalue weighted by molar-refractivity contribution is 5.99. The molecule has 1 aromatic carbocycles. The number of amides is 1. The van der Waals surface area contributed by atoms with Gasteiger partial charge in [0.25, 0.3) is 5.91 Å². The Morgan fingerprint density at radius 2 is 2.09 bits per heavy atom. The molecule has 1 aromatic heterocycles. The minimum atomic E-state index is -0.866. The standard InChI is InChI=1S/C16H17NO5/c1-21-8-11-10-4-2-3-5-12(10)22-13(11)14(18)17-9-16(6-7-16)15(19)20/h2-5H,6-9H2,1H3,(H,17,18)(H,19,20). The van der Waals surface area contributed by atoms with Crippen LogP contribution in [0.5, 0.6) is 0 Å². The van der Waals surface area contributed by atoms with Crippen molar-refractivity contribution in [3.8, 4) is 0 Å². The third-order valence-corrected chi connectivity index (χ3v) is 4.09. The number of methoxy groups -OCH3 is 1. The Labute approximate surface area is 127 Å². The third-order valence-electron chi connectivity index (χ3n) is 4.09. The van der Waals surface area contributed by atoms with E-state index in [0.29, 0.717) is 24.0 Å². The maximum Gasteiger partial charge on any atom is 0.311 e. The van der Waals surface area contributed by atoms with E-state index in [2.05, 4.69) is 5.32 Å². The molecule has 2 aromatic rings. The van der Waals surface area contributed by atoms with Crippen molar-refractivity contribution in [3.63, 3.8) is 0 Å². The van der Waals surface area contributed by atoms with Crippen molar-refractivity contribution in [2.24, 2.45) is 5.41 Å². The molecular formula is C16H17NO5. The molecule has 0 radical (unpaired) electrons. The van der Waals surface area contributed by atoms with Gasteiger partial charge in [-0.1, -0.05) is 18.2 Å². The summed E-state index contributed by atoms with van der Waals surface area (Å²) in [6.07, 6.45) is 1.18. The average molecular weight is 303 g/mol. The zero-order chi connectivity index (χ0) is 15.7. The monoisotopic (exact) mass is 303 g/mol. The number of benzene rings is 1. The zero-order valence-corrected chi connectivity index (χ0v) is 12.2. The molecule has 1 aliphatic rings. The van der Waals surface area contributed by atoms with Gasteiger partial charge in [-0.05, 0) is 18.9 Å². The van der Waals surface area contributed by atoms with Crippen molar-refractivity contribution in [2.75, 3.05) is 13.7 Å². The Morgan fingerprint density at radius 3 is 2.73 bits per heavy atom. The number of carbonyl (C=O) groups excluding carboxylic acids is 1. The Hall–Kier alpha value is -2.34. The minimum Gasteiger partial charge on any atom is -0.481 e. The lowest BCUT2D eigenvalue weighted by Crippen LogP contribution is -2.34. The van der Waals surface area contributed by atoms with E-state index < -0.39 is 17.3 Å². The van der Waals surface area contributed by atoms with Crippen LogP contribution in [0.2, 0.25) is 0 Å². The van der Waals surface area contributed by atoms with Gasteiger partial charge in [0.2, 0.25) is 0 Å². The fraction of sp³-hybridized carbons (Fsp3) is 0.375. The van der Waals surface area contributed by atoms with Crippen molar-refractivity contribution in [1.82, 2.24) is 5.32 Å². The lowest BCUT2D eigenvalue weighted by Gasteiger charge is -2.10. The number of aliphatic carboxylic acids is 1. The highest BCUT2D eigenvalue weighted by Crippen LogP contribution is 2.45. The molecule has 1 heterocycles. The van der Waals surface area contributed by atoms with Gasteiger partial charge in [-0.15, -0.1) is 0 Å². The summed E-state index contributed by atoms with van der Waals surface area (Å²) < 4.78 is 10.8. The van der Waals surface area contributed by atoms with Crippen LogP contribution in [0.15, 0.2) is 28.7 Å². The predicted molar refractivity (Wildman–Crippen MR) is 78.6 cm³/mol. The molecule has 0 saturated heterocycles. The van der Waals surface area contributed by atoms with E-state index in [0.717, 1.165) is 5.39 Å². The van der Waals surface area contributed by atoms with Gasteiger partial charge < -0.3 is 19.6 Å². The predicted octanol–water partition coefficient (Wildman–Crippen LogP) is 2.17. The first-order valence-corrected chi connectivity index (χ1v) is 7.08. The molecule has 1 aliphatic carbocycles. The number of hydrogen-bond donors (Lipinski definition) is 2. The van der Waals surface area contributed by atoms with Crippen LogP contribution < -0.4 is 5.32 Å². The van der Waals surface area contributed by atoms with Crippen LogP contribution in [0.3, 0.4) is 0 Å². The van der Waals surface area contributed by atoms with Crippen LogP contribution in [-0.2, 0) is 16.1 Å². The second kappa shape index (κ2) is 5.46. The SMILES string of the molecule is COCc1c(C(=O)NCC2(C(=O)O)CC2)oc2ccccc12. The molecule has 0 unspecified atom stereocenters. The second-order valence-electron chi connectivity index (χ2n) is 5.61. The number of ether oxygens (including phenoxy) is 1. The Balaban J connectivity index is 1.84. The van der Waals surface area contributed by atoms with E-state index in [-0.39, 0.29) is 18.9 Å². The van der Waals surface area contributed by atoms with Gasteiger partial charge in [0.1, 0.15) is 5.58 Å². The number of carbonyl (C=O) groups is 2. The first-order valence-electron chi connectivity index (χ1n) is 7.08. The molecule has 0 bridgehead atoms. The Bertz CT molecular complexity index is 729. The molecule has 3 rings (SSSR count). The molecule has 22 heavy (non-hydrogen) atoms. The maximum atomic E-state index is 12.4. The quantitative estimate of drug-likeness (QED) is 0.853. The summed E-state index contributed by atoms with van der Waals surface area (Å²) in [5.41, 5.74) is 0.484. The molecular weight excluding hydrogens is 286 g/mol. The van der Waals surface area contributed by atoms with Gasteiger partial charge in [0.05, 0.1) is 12.0 Å². The van der Waals surface area contributed by atoms with Gasteiger partial charge >= 0.3 is 5.97 Å². The van der Waals surface area contributed by atoms with Crippen molar-refractivity contribution in [3.05, 3.63) is 35.6 Å². The summed E-state index contributed by atoms with van der Waals surface area (Å²) in [4.78, 5) is 23.5. The van der Waals surface area contributed by atoms with Gasteiger partial charge in [-0.3, -0.25) is 9.59 Å². The number of fused-ring (bicyclic) bond motifs is 1. The van der Waals surface area contributed by atoms with E-state index >= 15 is 0 Å². The van der Waals surface area contributed by atoms with Crippen molar-refractivity contribution < 1.29 is 23.8 Å². The lowest BCUT2D eigenvalue weighted by atomic mass is 10.1. The summed E-state index contributed by atoms with van der Waals surface area (Å²) in [5, 5.41) is 12.6. The fourth-order valence-electron chi connectivity index (χ4n) is 2.52. The van der Waals surface area contributed by atoms with E-state index in [1.807, 2.05) is 18.2 Å². The Morgan fingerprint density at radius 1 is 1.36 bits per heavy atom. The average Bonchev–Trinajstić information content (AvgIpc) is 3.23. The largest absolute Gasteiger partial charge is 0.481 e. The van der Waals surface area contributed by atoms with Crippen LogP contribution in [-0.4, -0.2) is 30.6 Å². The van der Waals surface area contributed by atoms with E-state index in [9.17, 15) is 9.59 Å². The van der Waals surface area contributed by atoms with Crippen molar-refractivity contribution in [2.45, 2.75) is 19.4 Å². The smallest absolute Gasteiger partial charge is 0.311 e. The number of carboxylic acids is 1. The second-order valence-corrected chi connectivity index (χ2v) is 5.61. The highest BCUT2D eigenvalue weighted by Gasteiger charge is 2.50. The van der Waals surface area contributed by atoms with Crippen molar-refractivity contribution >= 4 is 22.8 Å². The van der Waals surface area contributed by atoms with Crippen LogP contribution in [0.1, 0.15) is 29.0 Å². The van der Waals surface area contributed by atoms with E-state index in [1.165, 1.54) is 0 Å². The molecule has 2 N–H and O–H groups in total. The highest BCUT2D eigenvalue weighted by atomic mass is 16.5. The van der Waals surface area contributed by atoms with Crippen LogP contribution in [0.25, 0.3) is 11.0 Å². The normalized spacial score (nSPS) is 15.7. The summed E-state index contributed by atoms with van der Waals surface area (Å²) in [6.45, 7) is 0.370. The molecule has 0 spiro atoms. The number of hydrogen-bond acceptors (Lipinski definition) is 4. The van der Waals surface area contributed by atoms with Crippen molar-refractivity contribution in [1.29, 1.82) is 0 Å². The zero-order valence-electron chi connectivity index (χ0n) is 12.2. The van der Waals surface area contributed by atoms with Crippen LogP contribution in [0, 0.1) is 5.41 Å². The number of rotatable bonds is 6. The van der Waals surface area contributed by atoms with E-state index in [4.69, 9.17) is 14.3 Å². The van der Waals surface area contributed by atoms with Gasteiger partial charge in [-0.25, -0.2) is 0 Å². The van der Waals surface area contributed by atoms with Gasteiger partial charge in [-0.2, -0.15) is 0 Å². The summed E-state index contributed by atoms with van der Waals surface area (Å²) in [5.74, 6) is -1.09. The summed E-state index contributed by atoms with van der Waals surface area (Å²) in [6, 6.07) is 7.34. The molecule has 1 amide bonds. The maximum absolute atomic E-state index is 12.4. The van der Waals surface area contributed by atoms with Gasteiger partial charge in [0.15, 0.2) is 5.76 Å². The molecule has 1 fully saturated rings. The topological polar surface area (TPSA) is 88.8 Å². The molecule has 0 aliphatic heterocycles. The number of carboxylic acid groups (broad SMARTS) is 1. The first kappa shape index (κ1) is 14.6. The van der Waals surface area contributed by atoms with Gasteiger partial charge in [0, 0.05) is 24.6 Å². The Kier molecular flexibility index (Phi) is 3.62. The fourth-order valence-corrected chi connectivity index (χ4v) is 2.52. The molecule has 0 atom stereocenters. The summed E-state index contributed by atoms with van der Waals surface area (Å²) >= 11 is 0. The molecule has 1 saturated carbocycles. The molecule has 6 nitrogen and oxygen atoms in total.